The lowest BCUT2D eigenvalue weighted by Gasteiger charge is -2.25. The van der Waals surface area contributed by atoms with Crippen molar-refractivity contribution in [2.45, 2.75) is 38.6 Å². The number of benzene rings is 1. The van der Waals surface area contributed by atoms with E-state index >= 15 is 0 Å². The molecule has 0 radical (unpaired) electrons. The van der Waals surface area contributed by atoms with E-state index in [9.17, 15) is 4.79 Å². The van der Waals surface area contributed by atoms with Crippen molar-refractivity contribution in [1.82, 2.24) is 14.7 Å². The number of aromatic nitrogens is 2. The maximum atomic E-state index is 12.8. The maximum absolute atomic E-state index is 12.8. The molecule has 1 aromatic carbocycles. The molecule has 2 aliphatic rings. The minimum atomic E-state index is 0.129. The zero-order valence-corrected chi connectivity index (χ0v) is 12.4. The number of hydrogen-bond acceptors (Lipinski definition) is 3. The van der Waals surface area contributed by atoms with Crippen LogP contribution in [0, 0.1) is 0 Å². The molecule has 1 fully saturated rings. The number of ether oxygens (including phenoxy) is 1. The van der Waals surface area contributed by atoms with Crippen molar-refractivity contribution in [2.24, 2.45) is 0 Å². The third kappa shape index (κ3) is 2.41. The first-order chi connectivity index (χ1) is 10.8. The van der Waals surface area contributed by atoms with Gasteiger partial charge in [0.15, 0.2) is 0 Å². The zero-order valence-electron chi connectivity index (χ0n) is 12.4. The Hall–Kier alpha value is -2.14. The summed E-state index contributed by atoms with van der Waals surface area (Å²) in [6.45, 7) is 2.88. The molecule has 5 nitrogen and oxygen atoms in total. The summed E-state index contributed by atoms with van der Waals surface area (Å²) in [5.74, 6) is 0.129. The van der Waals surface area contributed by atoms with E-state index in [1.54, 1.807) is 6.20 Å². The molecule has 2 aliphatic heterocycles. The van der Waals surface area contributed by atoms with Crippen LogP contribution in [0.5, 0.6) is 0 Å². The van der Waals surface area contributed by atoms with Crippen molar-refractivity contribution in [1.29, 1.82) is 0 Å². The summed E-state index contributed by atoms with van der Waals surface area (Å²) in [7, 11) is 0. The highest BCUT2D eigenvalue weighted by atomic mass is 16.5. The number of carbonyl (C=O) groups is 1. The van der Waals surface area contributed by atoms with Crippen LogP contribution in [0.2, 0.25) is 0 Å². The highest BCUT2D eigenvalue weighted by Gasteiger charge is 2.30. The lowest BCUT2D eigenvalue weighted by molar-refractivity contribution is 0.0721. The summed E-state index contributed by atoms with van der Waals surface area (Å²) in [4.78, 5) is 14.8. The Bertz CT molecular complexity index is 681. The Morgan fingerprint density at radius 2 is 2.23 bits per heavy atom. The predicted octanol–water partition coefficient (Wildman–Crippen LogP) is 2.22. The predicted molar refractivity (Wildman–Crippen MR) is 81.2 cm³/mol. The molecule has 0 bridgehead atoms. The molecule has 0 spiro atoms. The van der Waals surface area contributed by atoms with Gasteiger partial charge in [0.05, 0.1) is 25.8 Å². The third-order valence-electron chi connectivity index (χ3n) is 4.56. The average Bonchev–Trinajstić information content (AvgIpc) is 3.27. The molecule has 1 atom stereocenters. The molecular formula is C17H19N3O2. The number of carbonyl (C=O) groups excluding carboxylic acids is 1. The number of likely N-dealkylation sites (tertiary alicyclic amines) is 1. The first-order valence-corrected chi connectivity index (χ1v) is 7.79. The molecule has 22 heavy (non-hydrogen) atoms. The SMILES string of the molecule is O=C(c1ccc2c(c1)COC2)N1CCCC1Cn1cccn1. The summed E-state index contributed by atoms with van der Waals surface area (Å²) < 4.78 is 7.34. The van der Waals surface area contributed by atoms with E-state index in [0.717, 1.165) is 37.1 Å². The van der Waals surface area contributed by atoms with Crippen LogP contribution in [-0.2, 0) is 24.5 Å². The molecule has 1 saturated heterocycles. The monoisotopic (exact) mass is 297 g/mol. The van der Waals surface area contributed by atoms with Gasteiger partial charge in [-0.25, -0.2) is 0 Å². The molecule has 0 saturated carbocycles. The highest BCUT2D eigenvalue weighted by Crippen LogP contribution is 2.25. The normalized spacial score (nSPS) is 20.4. The Kier molecular flexibility index (Phi) is 3.42. The second-order valence-electron chi connectivity index (χ2n) is 6.00. The number of hydrogen-bond donors (Lipinski definition) is 0. The van der Waals surface area contributed by atoms with Gasteiger partial charge in [0.1, 0.15) is 0 Å². The molecule has 1 aromatic heterocycles. The summed E-state index contributed by atoms with van der Waals surface area (Å²) in [5, 5.41) is 4.26. The summed E-state index contributed by atoms with van der Waals surface area (Å²) >= 11 is 0. The van der Waals surface area contributed by atoms with Crippen LogP contribution in [0.3, 0.4) is 0 Å². The molecule has 0 aliphatic carbocycles. The van der Waals surface area contributed by atoms with Gasteiger partial charge in [0, 0.05) is 24.5 Å². The van der Waals surface area contributed by atoms with Gasteiger partial charge in [-0.05, 0) is 42.2 Å². The lowest BCUT2D eigenvalue weighted by atomic mass is 10.1. The van der Waals surface area contributed by atoms with Crippen LogP contribution in [0.4, 0.5) is 0 Å². The van der Waals surface area contributed by atoms with Crippen LogP contribution in [0.15, 0.2) is 36.7 Å². The van der Waals surface area contributed by atoms with Gasteiger partial charge in [-0.1, -0.05) is 6.07 Å². The largest absolute Gasteiger partial charge is 0.372 e. The zero-order chi connectivity index (χ0) is 14.9. The first kappa shape index (κ1) is 13.5. The Balaban J connectivity index is 1.53. The van der Waals surface area contributed by atoms with Crippen molar-refractivity contribution in [3.63, 3.8) is 0 Å². The maximum Gasteiger partial charge on any atom is 0.254 e. The molecule has 3 heterocycles. The summed E-state index contributed by atoms with van der Waals surface area (Å²) in [6.07, 6.45) is 5.83. The smallest absolute Gasteiger partial charge is 0.254 e. The molecule has 0 N–H and O–H groups in total. The van der Waals surface area contributed by atoms with Gasteiger partial charge in [-0.2, -0.15) is 5.10 Å². The van der Waals surface area contributed by atoms with E-state index in [2.05, 4.69) is 5.10 Å². The minimum absolute atomic E-state index is 0.129. The van der Waals surface area contributed by atoms with Gasteiger partial charge in [0.25, 0.3) is 5.91 Å². The molecule has 1 unspecified atom stereocenters. The van der Waals surface area contributed by atoms with E-state index in [1.807, 2.05) is 40.0 Å². The average molecular weight is 297 g/mol. The fourth-order valence-corrected chi connectivity index (χ4v) is 3.39. The number of fused-ring (bicyclic) bond motifs is 1. The molecule has 4 rings (SSSR count). The van der Waals surface area contributed by atoms with Crippen LogP contribution >= 0.6 is 0 Å². The molecule has 5 heteroatoms. The quantitative estimate of drug-likeness (QED) is 0.872. The van der Waals surface area contributed by atoms with Crippen molar-refractivity contribution in [3.8, 4) is 0 Å². The Morgan fingerprint density at radius 3 is 3.09 bits per heavy atom. The molecule has 114 valence electrons. The molecule has 1 amide bonds. The summed E-state index contributed by atoms with van der Waals surface area (Å²) in [5.41, 5.74) is 3.12. The second-order valence-corrected chi connectivity index (χ2v) is 6.00. The fraction of sp³-hybridized carbons (Fsp3) is 0.412. The van der Waals surface area contributed by atoms with E-state index < -0.39 is 0 Å². The molecule has 2 aromatic rings. The van der Waals surface area contributed by atoms with Crippen molar-refractivity contribution in [2.75, 3.05) is 6.54 Å². The van der Waals surface area contributed by atoms with Crippen LogP contribution in [0.25, 0.3) is 0 Å². The topological polar surface area (TPSA) is 47.4 Å². The van der Waals surface area contributed by atoms with Gasteiger partial charge >= 0.3 is 0 Å². The Labute approximate surface area is 129 Å². The molecular weight excluding hydrogens is 278 g/mol. The van der Waals surface area contributed by atoms with Crippen LogP contribution in [-0.4, -0.2) is 33.2 Å². The minimum Gasteiger partial charge on any atom is -0.372 e. The van der Waals surface area contributed by atoms with Gasteiger partial charge in [-0.3, -0.25) is 9.48 Å². The number of amides is 1. The summed E-state index contributed by atoms with van der Waals surface area (Å²) in [6, 6.07) is 8.10. The highest BCUT2D eigenvalue weighted by molar-refractivity contribution is 5.95. The van der Waals surface area contributed by atoms with Gasteiger partial charge in [0.2, 0.25) is 0 Å². The Morgan fingerprint density at radius 1 is 1.32 bits per heavy atom. The third-order valence-corrected chi connectivity index (χ3v) is 4.56. The first-order valence-electron chi connectivity index (χ1n) is 7.79. The second kappa shape index (κ2) is 5.57. The van der Waals surface area contributed by atoms with Crippen LogP contribution < -0.4 is 0 Å². The van der Waals surface area contributed by atoms with E-state index in [4.69, 9.17) is 4.74 Å². The van der Waals surface area contributed by atoms with Crippen molar-refractivity contribution in [3.05, 3.63) is 53.3 Å². The van der Waals surface area contributed by atoms with Gasteiger partial charge in [-0.15, -0.1) is 0 Å². The van der Waals surface area contributed by atoms with Crippen molar-refractivity contribution < 1.29 is 9.53 Å². The number of nitrogens with zero attached hydrogens (tertiary/aromatic N) is 3. The van der Waals surface area contributed by atoms with E-state index in [1.165, 1.54) is 5.56 Å². The van der Waals surface area contributed by atoms with Crippen molar-refractivity contribution >= 4 is 5.91 Å². The van der Waals surface area contributed by atoms with Crippen LogP contribution in [0.1, 0.15) is 34.3 Å². The van der Waals surface area contributed by atoms with Gasteiger partial charge < -0.3 is 9.64 Å². The van der Waals surface area contributed by atoms with E-state index in [-0.39, 0.29) is 11.9 Å². The fourth-order valence-electron chi connectivity index (χ4n) is 3.39. The number of rotatable bonds is 3. The standard InChI is InChI=1S/C17H19N3O2/c21-17(13-4-5-14-11-22-12-15(14)9-13)20-8-1-3-16(20)10-19-7-2-6-18-19/h2,4-7,9,16H,1,3,8,10-12H2. The lowest BCUT2D eigenvalue weighted by Crippen LogP contribution is -2.38. The van der Waals surface area contributed by atoms with E-state index in [0.29, 0.717) is 13.2 Å².